The number of nitrogens with zero attached hydrogens (tertiary/aromatic N) is 2. The number of hydrogen-bond acceptors (Lipinski definition) is 4. The van der Waals surface area contributed by atoms with E-state index in [9.17, 15) is 9.50 Å². The quantitative estimate of drug-likeness (QED) is 0.832. The first-order valence-corrected chi connectivity index (χ1v) is 7.30. The molecule has 0 aromatic heterocycles. The van der Waals surface area contributed by atoms with Crippen molar-refractivity contribution in [1.82, 2.24) is 4.90 Å². The Balaban J connectivity index is 2.16. The molecule has 5 heteroatoms. The molecule has 1 N–H and O–H groups in total. The molecule has 4 nitrogen and oxygen atoms in total. The zero-order chi connectivity index (χ0) is 16.8. The predicted octanol–water partition coefficient (Wildman–Crippen LogP) is 3.26. The Bertz CT molecular complexity index is 686. The standard InChI is InChI=1S/C18H21FN2O2/c1-21(2)16(13-6-4-8-15(19)10-13)12-20-11-14-7-5-9-17(23-3)18(14)22/h4-11,16,22H,12H2,1-3H3/t16-/m0/s1. The van der Waals surface area contributed by atoms with E-state index in [-0.39, 0.29) is 17.6 Å². The SMILES string of the molecule is COc1cccc(C=NC[C@@H](c2cccc(F)c2)N(C)C)c1O. The lowest BCUT2D eigenvalue weighted by Gasteiger charge is -2.23. The van der Waals surface area contributed by atoms with Gasteiger partial charge in [0.25, 0.3) is 0 Å². The van der Waals surface area contributed by atoms with Gasteiger partial charge in [0.2, 0.25) is 0 Å². The number of likely N-dealkylation sites (N-methyl/N-ethyl adjacent to an activating group) is 1. The third-order valence-electron chi connectivity index (χ3n) is 3.62. The highest BCUT2D eigenvalue weighted by atomic mass is 19.1. The first kappa shape index (κ1) is 17.0. The number of ether oxygens (including phenoxy) is 1. The van der Waals surface area contributed by atoms with Gasteiger partial charge in [-0.25, -0.2) is 4.39 Å². The molecular formula is C18H21FN2O2. The van der Waals surface area contributed by atoms with Crippen LogP contribution in [-0.4, -0.2) is 44.0 Å². The molecule has 0 unspecified atom stereocenters. The lowest BCUT2D eigenvalue weighted by atomic mass is 10.1. The van der Waals surface area contributed by atoms with Crippen LogP contribution in [0.3, 0.4) is 0 Å². The number of phenolic OH excluding ortho intramolecular Hbond substituents is 1. The smallest absolute Gasteiger partial charge is 0.166 e. The normalized spacial score (nSPS) is 12.7. The molecule has 2 aromatic rings. The van der Waals surface area contributed by atoms with Crippen molar-refractivity contribution in [2.24, 2.45) is 4.99 Å². The average Bonchev–Trinajstić information content (AvgIpc) is 2.52. The van der Waals surface area contributed by atoms with E-state index in [1.807, 2.05) is 25.1 Å². The molecule has 0 radical (unpaired) electrons. The van der Waals surface area contributed by atoms with Crippen LogP contribution in [-0.2, 0) is 0 Å². The molecule has 0 aliphatic carbocycles. The maximum absolute atomic E-state index is 13.4. The van der Waals surface area contributed by atoms with Crippen LogP contribution in [0.25, 0.3) is 0 Å². The van der Waals surface area contributed by atoms with Crippen molar-refractivity contribution >= 4 is 6.21 Å². The van der Waals surface area contributed by atoms with Gasteiger partial charge in [-0.2, -0.15) is 0 Å². The highest BCUT2D eigenvalue weighted by Crippen LogP contribution is 2.28. The largest absolute Gasteiger partial charge is 0.504 e. The van der Waals surface area contributed by atoms with Crippen LogP contribution in [0.4, 0.5) is 4.39 Å². The number of aliphatic imine (C=N–C) groups is 1. The van der Waals surface area contributed by atoms with Gasteiger partial charge in [-0.05, 0) is 43.9 Å². The summed E-state index contributed by atoms with van der Waals surface area (Å²) in [5, 5.41) is 10.0. The summed E-state index contributed by atoms with van der Waals surface area (Å²) in [6, 6.07) is 11.7. The monoisotopic (exact) mass is 316 g/mol. The summed E-state index contributed by atoms with van der Waals surface area (Å²) in [5.74, 6) is 0.206. The maximum atomic E-state index is 13.4. The fourth-order valence-electron chi connectivity index (χ4n) is 2.34. The molecule has 0 amide bonds. The van der Waals surface area contributed by atoms with Crippen LogP contribution in [0.2, 0.25) is 0 Å². The molecule has 0 heterocycles. The van der Waals surface area contributed by atoms with Crippen molar-refractivity contribution in [2.45, 2.75) is 6.04 Å². The minimum atomic E-state index is -0.260. The number of benzene rings is 2. The molecule has 1 atom stereocenters. The fraction of sp³-hybridized carbons (Fsp3) is 0.278. The van der Waals surface area contributed by atoms with Crippen molar-refractivity contribution in [2.75, 3.05) is 27.7 Å². The van der Waals surface area contributed by atoms with E-state index in [1.165, 1.54) is 19.2 Å². The zero-order valence-corrected chi connectivity index (χ0v) is 13.5. The third kappa shape index (κ3) is 4.29. The van der Waals surface area contributed by atoms with Gasteiger partial charge in [0.05, 0.1) is 19.7 Å². The predicted molar refractivity (Wildman–Crippen MR) is 89.9 cm³/mol. The van der Waals surface area contributed by atoms with Crippen LogP contribution < -0.4 is 4.74 Å². The summed E-state index contributed by atoms with van der Waals surface area (Å²) in [6.45, 7) is 0.451. The van der Waals surface area contributed by atoms with E-state index >= 15 is 0 Å². The van der Waals surface area contributed by atoms with Crippen molar-refractivity contribution in [1.29, 1.82) is 0 Å². The molecular weight excluding hydrogens is 295 g/mol. The fourth-order valence-corrected chi connectivity index (χ4v) is 2.34. The van der Waals surface area contributed by atoms with Gasteiger partial charge in [0.1, 0.15) is 5.82 Å². The minimum absolute atomic E-state index is 0.0466. The molecule has 122 valence electrons. The van der Waals surface area contributed by atoms with Gasteiger partial charge < -0.3 is 14.7 Å². The Morgan fingerprint density at radius 2 is 2.00 bits per heavy atom. The van der Waals surface area contributed by atoms with E-state index < -0.39 is 0 Å². The Morgan fingerprint density at radius 1 is 1.26 bits per heavy atom. The first-order chi connectivity index (χ1) is 11.0. The minimum Gasteiger partial charge on any atom is -0.504 e. The molecule has 0 saturated heterocycles. The molecule has 0 fully saturated rings. The number of aromatic hydroxyl groups is 1. The molecule has 2 rings (SSSR count). The Morgan fingerprint density at radius 3 is 2.65 bits per heavy atom. The summed E-state index contributed by atoms with van der Waals surface area (Å²) in [5.41, 5.74) is 1.45. The van der Waals surface area contributed by atoms with E-state index in [0.29, 0.717) is 17.9 Å². The van der Waals surface area contributed by atoms with Crippen LogP contribution in [0.1, 0.15) is 17.2 Å². The molecule has 0 aliphatic rings. The number of halogens is 1. The number of methoxy groups -OCH3 is 1. The Labute approximate surface area is 135 Å². The van der Waals surface area contributed by atoms with E-state index in [2.05, 4.69) is 4.99 Å². The third-order valence-corrected chi connectivity index (χ3v) is 3.62. The van der Waals surface area contributed by atoms with E-state index in [1.54, 1.807) is 30.5 Å². The molecule has 0 bridgehead atoms. The number of rotatable bonds is 6. The van der Waals surface area contributed by atoms with Gasteiger partial charge in [-0.1, -0.05) is 18.2 Å². The topological polar surface area (TPSA) is 45.1 Å². The summed E-state index contributed by atoms with van der Waals surface area (Å²) in [4.78, 5) is 6.38. The van der Waals surface area contributed by atoms with Crippen molar-refractivity contribution in [3.63, 3.8) is 0 Å². The number of para-hydroxylation sites is 1. The van der Waals surface area contributed by atoms with Crippen LogP contribution in [0.15, 0.2) is 47.5 Å². The van der Waals surface area contributed by atoms with Gasteiger partial charge in [-0.15, -0.1) is 0 Å². The lowest BCUT2D eigenvalue weighted by Crippen LogP contribution is -2.22. The van der Waals surface area contributed by atoms with Gasteiger partial charge in [0.15, 0.2) is 11.5 Å². The van der Waals surface area contributed by atoms with Gasteiger partial charge >= 0.3 is 0 Å². The Hall–Kier alpha value is -2.40. The molecule has 2 aromatic carbocycles. The van der Waals surface area contributed by atoms with Gasteiger partial charge in [-0.3, -0.25) is 4.99 Å². The summed E-state index contributed by atoms with van der Waals surface area (Å²) in [6.07, 6.45) is 1.60. The van der Waals surface area contributed by atoms with Crippen LogP contribution >= 0.6 is 0 Å². The first-order valence-electron chi connectivity index (χ1n) is 7.30. The summed E-state index contributed by atoms with van der Waals surface area (Å²) >= 11 is 0. The van der Waals surface area contributed by atoms with Crippen molar-refractivity contribution in [3.05, 3.63) is 59.4 Å². The zero-order valence-electron chi connectivity index (χ0n) is 13.5. The second-order valence-electron chi connectivity index (χ2n) is 5.43. The molecule has 0 saturated carbocycles. The van der Waals surface area contributed by atoms with Crippen LogP contribution in [0, 0.1) is 5.82 Å². The highest BCUT2D eigenvalue weighted by Gasteiger charge is 2.14. The maximum Gasteiger partial charge on any atom is 0.166 e. The molecule has 23 heavy (non-hydrogen) atoms. The lowest BCUT2D eigenvalue weighted by molar-refractivity contribution is 0.306. The number of phenols is 1. The highest BCUT2D eigenvalue weighted by molar-refractivity contribution is 5.84. The van der Waals surface area contributed by atoms with E-state index in [4.69, 9.17) is 4.74 Å². The molecule has 0 spiro atoms. The van der Waals surface area contributed by atoms with E-state index in [0.717, 1.165) is 5.56 Å². The Kier molecular flexibility index (Phi) is 5.71. The average molecular weight is 316 g/mol. The van der Waals surface area contributed by atoms with Crippen LogP contribution in [0.5, 0.6) is 11.5 Å². The second kappa shape index (κ2) is 7.74. The molecule has 0 aliphatic heterocycles. The van der Waals surface area contributed by atoms with Gasteiger partial charge in [0, 0.05) is 11.8 Å². The summed E-state index contributed by atoms with van der Waals surface area (Å²) < 4.78 is 18.5. The summed E-state index contributed by atoms with van der Waals surface area (Å²) in [7, 11) is 5.35. The van der Waals surface area contributed by atoms with Crippen molar-refractivity contribution < 1.29 is 14.2 Å². The number of hydrogen-bond donors (Lipinski definition) is 1. The van der Waals surface area contributed by atoms with Crippen molar-refractivity contribution in [3.8, 4) is 11.5 Å². The second-order valence-corrected chi connectivity index (χ2v) is 5.43.